The van der Waals surface area contributed by atoms with Crippen LogP contribution < -0.4 is 0 Å². The number of hydrogen-bond donors (Lipinski definition) is 1. The lowest BCUT2D eigenvalue weighted by Crippen LogP contribution is -1.96. The average molecular weight is 198 g/mol. The second kappa shape index (κ2) is 6.05. The van der Waals surface area contributed by atoms with Crippen molar-refractivity contribution in [2.75, 3.05) is 0 Å². The summed E-state index contributed by atoms with van der Waals surface area (Å²) in [6.45, 7) is 2.23. The normalized spacial score (nSPS) is 24.9. The van der Waals surface area contributed by atoms with Crippen LogP contribution in [0.3, 0.4) is 0 Å². The van der Waals surface area contributed by atoms with Crippen molar-refractivity contribution < 1.29 is 9.90 Å². The summed E-state index contributed by atoms with van der Waals surface area (Å²) in [6.07, 6.45) is 9.48. The molecular weight excluding hydrogens is 176 g/mol. The van der Waals surface area contributed by atoms with Crippen molar-refractivity contribution in [1.82, 2.24) is 0 Å². The van der Waals surface area contributed by atoms with E-state index in [-0.39, 0.29) is 0 Å². The van der Waals surface area contributed by atoms with Crippen LogP contribution in [0.4, 0.5) is 0 Å². The molecule has 2 heteroatoms. The Morgan fingerprint density at radius 3 is 2.57 bits per heavy atom. The number of aliphatic carboxylic acids is 1. The third-order valence-corrected chi connectivity index (χ3v) is 3.18. The average Bonchev–Trinajstić information content (AvgIpc) is 2.82. The summed E-state index contributed by atoms with van der Waals surface area (Å²) in [4.78, 5) is 10.4. The van der Waals surface area contributed by atoms with Crippen molar-refractivity contribution >= 4 is 5.97 Å². The van der Waals surface area contributed by atoms with Crippen LogP contribution in [0.1, 0.15) is 58.3 Å². The molecule has 0 aromatic carbocycles. The largest absolute Gasteiger partial charge is 0.481 e. The third kappa shape index (κ3) is 4.64. The van der Waals surface area contributed by atoms with Gasteiger partial charge in [0.15, 0.2) is 0 Å². The van der Waals surface area contributed by atoms with E-state index < -0.39 is 5.97 Å². The first-order valence-electron chi connectivity index (χ1n) is 5.95. The molecule has 0 radical (unpaired) electrons. The fourth-order valence-electron chi connectivity index (χ4n) is 2.15. The molecule has 0 heterocycles. The van der Waals surface area contributed by atoms with Crippen LogP contribution >= 0.6 is 0 Å². The summed E-state index contributed by atoms with van der Waals surface area (Å²) >= 11 is 0. The quantitative estimate of drug-likeness (QED) is 0.606. The zero-order valence-corrected chi connectivity index (χ0v) is 9.17. The van der Waals surface area contributed by atoms with E-state index in [1.165, 1.54) is 44.9 Å². The molecule has 1 N–H and O–H groups in total. The summed E-state index contributed by atoms with van der Waals surface area (Å²) in [5.74, 6) is 0.634. The first-order valence-corrected chi connectivity index (χ1v) is 5.95. The highest BCUT2D eigenvalue weighted by molar-refractivity contribution is 5.67. The summed E-state index contributed by atoms with van der Waals surface area (Å²) in [5.41, 5.74) is 0. The van der Waals surface area contributed by atoms with Crippen molar-refractivity contribution in [3.63, 3.8) is 0 Å². The highest BCUT2D eigenvalue weighted by Crippen LogP contribution is 2.44. The number of carboxylic acids is 1. The van der Waals surface area contributed by atoms with Gasteiger partial charge >= 0.3 is 5.97 Å². The SMILES string of the molecule is CCCCCCCC1CC1CC(=O)O. The Morgan fingerprint density at radius 2 is 1.93 bits per heavy atom. The Morgan fingerprint density at radius 1 is 1.21 bits per heavy atom. The van der Waals surface area contributed by atoms with Gasteiger partial charge in [-0.25, -0.2) is 0 Å². The van der Waals surface area contributed by atoms with Crippen molar-refractivity contribution in [2.24, 2.45) is 11.8 Å². The molecule has 1 aliphatic carbocycles. The van der Waals surface area contributed by atoms with Gasteiger partial charge in [0.1, 0.15) is 0 Å². The molecule has 2 atom stereocenters. The molecule has 1 saturated carbocycles. The Kier molecular flexibility index (Phi) is 4.99. The molecule has 0 spiro atoms. The van der Waals surface area contributed by atoms with Crippen molar-refractivity contribution in [1.29, 1.82) is 0 Å². The first-order chi connectivity index (χ1) is 6.74. The van der Waals surface area contributed by atoms with E-state index in [0.29, 0.717) is 12.3 Å². The van der Waals surface area contributed by atoms with Crippen molar-refractivity contribution in [3.8, 4) is 0 Å². The van der Waals surface area contributed by atoms with E-state index in [1.807, 2.05) is 0 Å². The van der Waals surface area contributed by atoms with Crippen LogP contribution in [0.15, 0.2) is 0 Å². The topological polar surface area (TPSA) is 37.3 Å². The van der Waals surface area contributed by atoms with Gasteiger partial charge < -0.3 is 5.11 Å². The zero-order valence-electron chi connectivity index (χ0n) is 9.17. The van der Waals surface area contributed by atoms with Crippen LogP contribution in [-0.4, -0.2) is 11.1 Å². The van der Waals surface area contributed by atoms with E-state index in [9.17, 15) is 4.79 Å². The van der Waals surface area contributed by atoms with Crippen LogP contribution in [0.5, 0.6) is 0 Å². The minimum atomic E-state index is -0.622. The number of unbranched alkanes of at least 4 members (excludes halogenated alkanes) is 4. The minimum Gasteiger partial charge on any atom is -0.481 e. The molecule has 1 fully saturated rings. The fourth-order valence-corrected chi connectivity index (χ4v) is 2.15. The van der Waals surface area contributed by atoms with E-state index in [0.717, 1.165) is 5.92 Å². The maximum absolute atomic E-state index is 10.4. The summed E-state index contributed by atoms with van der Waals surface area (Å²) in [6, 6.07) is 0. The van der Waals surface area contributed by atoms with Gasteiger partial charge in [-0.15, -0.1) is 0 Å². The number of carboxylic acid groups (broad SMARTS) is 1. The summed E-state index contributed by atoms with van der Waals surface area (Å²) in [7, 11) is 0. The lowest BCUT2D eigenvalue weighted by molar-refractivity contribution is -0.137. The van der Waals surface area contributed by atoms with Gasteiger partial charge in [-0.3, -0.25) is 4.79 Å². The Bertz CT molecular complexity index is 177. The molecular formula is C12H22O2. The van der Waals surface area contributed by atoms with Gasteiger partial charge in [-0.05, 0) is 18.3 Å². The van der Waals surface area contributed by atoms with Gasteiger partial charge in [0, 0.05) is 6.42 Å². The molecule has 0 saturated heterocycles. The molecule has 2 nitrogen and oxygen atoms in total. The molecule has 1 rings (SSSR count). The van der Waals surface area contributed by atoms with Gasteiger partial charge in [0.2, 0.25) is 0 Å². The molecule has 0 amide bonds. The van der Waals surface area contributed by atoms with Crippen LogP contribution in [0.2, 0.25) is 0 Å². The Hall–Kier alpha value is -0.530. The molecule has 0 aromatic heterocycles. The van der Waals surface area contributed by atoms with Crippen LogP contribution in [-0.2, 0) is 4.79 Å². The maximum atomic E-state index is 10.4. The van der Waals surface area contributed by atoms with E-state index in [1.54, 1.807) is 0 Å². The lowest BCUT2D eigenvalue weighted by atomic mass is 10.1. The van der Waals surface area contributed by atoms with Crippen LogP contribution in [0.25, 0.3) is 0 Å². The number of rotatable bonds is 8. The zero-order chi connectivity index (χ0) is 10.4. The standard InChI is InChI=1S/C12H22O2/c1-2-3-4-5-6-7-10-8-11(10)9-12(13)14/h10-11H,2-9H2,1H3,(H,13,14). The fraction of sp³-hybridized carbons (Fsp3) is 0.917. The highest BCUT2D eigenvalue weighted by atomic mass is 16.4. The number of carbonyl (C=O) groups is 1. The molecule has 0 aliphatic heterocycles. The molecule has 82 valence electrons. The van der Waals surface area contributed by atoms with E-state index >= 15 is 0 Å². The molecule has 14 heavy (non-hydrogen) atoms. The second-order valence-electron chi connectivity index (χ2n) is 4.56. The van der Waals surface area contributed by atoms with Gasteiger partial charge in [-0.1, -0.05) is 45.4 Å². The molecule has 1 aliphatic rings. The number of hydrogen-bond acceptors (Lipinski definition) is 1. The van der Waals surface area contributed by atoms with E-state index in [4.69, 9.17) is 5.11 Å². The lowest BCUT2D eigenvalue weighted by Gasteiger charge is -1.99. The predicted octanol–water partition coefficient (Wildman–Crippen LogP) is 3.46. The Labute approximate surface area is 86.7 Å². The van der Waals surface area contributed by atoms with Crippen molar-refractivity contribution in [3.05, 3.63) is 0 Å². The highest BCUT2D eigenvalue weighted by Gasteiger charge is 2.37. The van der Waals surface area contributed by atoms with E-state index in [2.05, 4.69) is 6.92 Å². The molecule has 2 unspecified atom stereocenters. The van der Waals surface area contributed by atoms with Gasteiger partial charge in [-0.2, -0.15) is 0 Å². The maximum Gasteiger partial charge on any atom is 0.303 e. The molecule has 0 bridgehead atoms. The Balaban J connectivity index is 1.88. The smallest absolute Gasteiger partial charge is 0.303 e. The summed E-state index contributed by atoms with van der Waals surface area (Å²) < 4.78 is 0. The first kappa shape index (κ1) is 11.5. The van der Waals surface area contributed by atoms with Crippen LogP contribution in [0, 0.1) is 11.8 Å². The summed E-state index contributed by atoms with van der Waals surface area (Å²) in [5, 5.41) is 8.58. The van der Waals surface area contributed by atoms with Gasteiger partial charge in [0.25, 0.3) is 0 Å². The third-order valence-electron chi connectivity index (χ3n) is 3.18. The minimum absolute atomic E-state index is 0.402. The predicted molar refractivity (Wildman–Crippen MR) is 57.2 cm³/mol. The second-order valence-corrected chi connectivity index (χ2v) is 4.56. The van der Waals surface area contributed by atoms with Crippen molar-refractivity contribution in [2.45, 2.75) is 58.3 Å². The van der Waals surface area contributed by atoms with Gasteiger partial charge in [0.05, 0.1) is 0 Å². The monoisotopic (exact) mass is 198 g/mol. The molecule has 0 aromatic rings.